The first kappa shape index (κ1) is 34.3. The minimum absolute atomic E-state index is 0.547. The predicted octanol–water partition coefficient (Wildman–Crippen LogP) is 12.8. The van der Waals surface area contributed by atoms with Crippen LogP contribution in [0.4, 0.5) is 0 Å². The third-order valence-corrected chi connectivity index (χ3v) is 11.7. The highest BCUT2D eigenvalue weighted by atomic mass is 16.5. The molecule has 3 aliphatic rings. The van der Waals surface area contributed by atoms with Crippen molar-refractivity contribution < 1.29 is 4.74 Å². The molecule has 0 unspecified atom stereocenters. The minimum Gasteiger partial charge on any atom is -0.457 e. The van der Waals surface area contributed by atoms with Crippen molar-refractivity contribution in [3.8, 4) is 74.0 Å². The van der Waals surface area contributed by atoms with Crippen molar-refractivity contribution in [2.45, 2.75) is 11.8 Å². The minimum atomic E-state index is -0.581. The van der Waals surface area contributed by atoms with Crippen molar-refractivity contribution in [2.75, 3.05) is 0 Å². The molecule has 1 aromatic heterocycles. The SMILES string of the molecule is N#Cc1ccccc1-c1cc(-c2ccc3c(c2)C2(C4=C3C=CC=CC4)c3ccccc3Oc3ccccc32)cc(-c2nc(-c3ccccc3)nc(-c3ccccc3)n2)c1. The lowest BCUT2D eigenvalue weighted by atomic mass is 9.64. The van der Waals surface area contributed by atoms with E-state index < -0.39 is 5.41 Å². The van der Waals surface area contributed by atoms with E-state index in [4.69, 9.17) is 19.7 Å². The van der Waals surface area contributed by atoms with Gasteiger partial charge in [-0.15, -0.1) is 0 Å². The van der Waals surface area contributed by atoms with Crippen LogP contribution in [0.5, 0.6) is 11.5 Å². The highest BCUT2D eigenvalue weighted by Crippen LogP contribution is 2.62. The van der Waals surface area contributed by atoms with Crippen LogP contribution in [0.3, 0.4) is 0 Å². The Bertz CT molecular complexity index is 3010. The van der Waals surface area contributed by atoms with Gasteiger partial charge in [0.15, 0.2) is 17.5 Å². The second-order valence-electron chi connectivity index (χ2n) is 15.0. The Labute approximate surface area is 342 Å². The summed E-state index contributed by atoms with van der Waals surface area (Å²) in [4.78, 5) is 15.2. The Morgan fingerprint density at radius 1 is 0.475 bits per heavy atom. The standard InChI is InChI=1S/C54H34N4O/c55-34-38-20-10-11-21-42(38)40-30-39(31-41(32-40)53-57-51(35-16-4-1-5-17-35)56-52(58-53)36-18-6-2-7-19-36)37-28-29-44-43-22-8-3-9-23-45(43)54(48(44)33-37)46-24-12-14-26-49(46)59-50-27-15-13-25-47(50)54/h1-22,24-33H,23H2. The lowest BCUT2D eigenvalue weighted by Gasteiger charge is -2.40. The smallest absolute Gasteiger partial charge is 0.164 e. The lowest BCUT2D eigenvalue weighted by Crippen LogP contribution is -2.33. The topological polar surface area (TPSA) is 71.7 Å². The van der Waals surface area contributed by atoms with E-state index >= 15 is 0 Å². The number of nitriles is 1. The molecular weight excluding hydrogens is 721 g/mol. The van der Waals surface area contributed by atoms with Crippen LogP contribution in [0.1, 0.15) is 34.2 Å². The number of hydrogen-bond acceptors (Lipinski definition) is 5. The molecule has 8 aromatic rings. The molecule has 5 heteroatoms. The number of benzene rings is 7. The van der Waals surface area contributed by atoms with Crippen LogP contribution < -0.4 is 4.74 Å². The second-order valence-corrected chi connectivity index (χ2v) is 15.0. The molecule has 1 spiro atoms. The van der Waals surface area contributed by atoms with Crippen molar-refractivity contribution in [3.63, 3.8) is 0 Å². The van der Waals surface area contributed by atoms with E-state index in [-0.39, 0.29) is 0 Å². The van der Waals surface area contributed by atoms with Crippen molar-refractivity contribution in [2.24, 2.45) is 0 Å². The largest absolute Gasteiger partial charge is 0.457 e. The van der Waals surface area contributed by atoms with Gasteiger partial charge in [0.05, 0.1) is 17.0 Å². The summed E-state index contributed by atoms with van der Waals surface area (Å²) < 4.78 is 6.64. The fraction of sp³-hybridized carbons (Fsp3) is 0.0370. The quantitative estimate of drug-likeness (QED) is 0.175. The molecule has 0 bridgehead atoms. The van der Waals surface area contributed by atoms with Crippen molar-refractivity contribution >= 4 is 5.57 Å². The summed E-state index contributed by atoms with van der Waals surface area (Å²) in [5, 5.41) is 10.3. The van der Waals surface area contributed by atoms with Gasteiger partial charge >= 0.3 is 0 Å². The predicted molar refractivity (Wildman–Crippen MR) is 234 cm³/mol. The summed E-state index contributed by atoms with van der Waals surface area (Å²) in [5.74, 6) is 3.45. The highest BCUT2D eigenvalue weighted by Gasteiger charge is 2.51. The van der Waals surface area contributed by atoms with E-state index in [0.29, 0.717) is 23.0 Å². The van der Waals surface area contributed by atoms with Crippen LogP contribution in [-0.4, -0.2) is 15.0 Å². The fourth-order valence-electron chi connectivity index (χ4n) is 9.12. The van der Waals surface area contributed by atoms with Crippen LogP contribution in [0.15, 0.2) is 200 Å². The number of nitrogens with zero attached hydrogens (tertiary/aromatic N) is 4. The summed E-state index contributed by atoms with van der Waals surface area (Å²) in [5.41, 5.74) is 13.7. The van der Waals surface area contributed by atoms with E-state index in [1.54, 1.807) is 0 Å². The molecule has 1 aliphatic heterocycles. The zero-order valence-electron chi connectivity index (χ0n) is 31.9. The fourth-order valence-corrected chi connectivity index (χ4v) is 9.12. The molecule has 0 amide bonds. The number of allylic oxidation sites excluding steroid dienone is 6. The summed E-state index contributed by atoms with van der Waals surface area (Å²) >= 11 is 0. The third-order valence-electron chi connectivity index (χ3n) is 11.7. The average molecular weight is 755 g/mol. The number of para-hydroxylation sites is 2. The molecule has 0 atom stereocenters. The van der Waals surface area contributed by atoms with Gasteiger partial charge in [0.25, 0.3) is 0 Å². The van der Waals surface area contributed by atoms with E-state index in [1.165, 1.54) is 22.3 Å². The molecule has 276 valence electrons. The zero-order chi connectivity index (χ0) is 39.3. The molecule has 0 N–H and O–H groups in total. The Kier molecular flexibility index (Phi) is 8.09. The van der Waals surface area contributed by atoms with Crippen LogP contribution >= 0.6 is 0 Å². The van der Waals surface area contributed by atoms with Gasteiger partial charge in [0, 0.05) is 27.8 Å². The molecule has 0 fully saturated rings. The normalized spacial score (nSPS) is 14.1. The van der Waals surface area contributed by atoms with Gasteiger partial charge < -0.3 is 4.74 Å². The van der Waals surface area contributed by atoms with Crippen LogP contribution in [0.25, 0.3) is 62.0 Å². The number of rotatable bonds is 5. The Hall–Kier alpha value is -7.94. The first-order valence-corrected chi connectivity index (χ1v) is 19.8. The molecule has 0 saturated heterocycles. The molecule has 2 aliphatic carbocycles. The summed E-state index contributed by atoms with van der Waals surface area (Å²) in [6.07, 6.45) is 9.63. The summed E-state index contributed by atoms with van der Waals surface area (Å²) in [6, 6.07) is 60.5. The molecule has 0 radical (unpaired) electrons. The number of aromatic nitrogens is 3. The molecule has 5 nitrogen and oxygen atoms in total. The molecule has 0 saturated carbocycles. The van der Waals surface area contributed by atoms with Gasteiger partial charge in [-0.25, -0.2) is 15.0 Å². The van der Waals surface area contributed by atoms with E-state index in [9.17, 15) is 5.26 Å². The average Bonchev–Trinajstić information content (AvgIpc) is 3.40. The third kappa shape index (κ3) is 5.57. The van der Waals surface area contributed by atoms with Gasteiger partial charge in [-0.3, -0.25) is 0 Å². The van der Waals surface area contributed by atoms with Gasteiger partial charge in [0.1, 0.15) is 11.5 Å². The van der Waals surface area contributed by atoms with Gasteiger partial charge in [-0.1, -0.05) is 152 Å². The number of ether oxygens (including phenoxy) is 1. The molecular formula is C54H34N4O. The first-order chi connectivity index (χ1) is 29.2. The maximum atomic E-state index is 10.3. The Balaban J connectivity index is 1.17. The van der Waals surface area contributed by atoms with Crippen molar-refractivity contribution in [3.05, 3.63) is 228 Å². The highest BCUT2D eigenvalue weighted by molar-refractivity contribution is 5.94. The lowest BCUT2D eigenvalue weighted by molar-refractivity contribution is 0.433. The maximum absolute atomic E-state index is 10.3. The van der Waals surface area contributed by atoms with Gasteiger partial charge in [-0.05, 0) is 93.4 Å². The Morgan fingerprint density at radius 2 is 1.05 bits per heavy atom. The zero-order valence-corrected chi connectivity index (χ0v) is 31.9. The molecule has 2 heterocycles. The van der Waals surface area contributed by atoms with E-state index in [1.807, 2.05) is 84.9 Å². The van der Waals surface area contributed by atoms with E-state index in [2.05, 4.69) is 115 Å². The monoisotopic (exact) mass is 754 g/mol. The second kappa shape index (κ2) is 13.9. The van der Waals surface area contributed by atoms with Crippen LogP contribution in [0, 0.1) is 11.3 Å². The molecule has 11 rings (SSSR count). The van der Waals surface area contributed by atoms with Crippen LogP contribution in [-0.2, 0) is 5.41 Å². The van der Waals surface area contributed by atoms with Gasteiger partial charge in [-0.2, -0.15) is 5.26 Å². The van der Waals surface area contributed by atoms with Gasteiger partial charge in [0.2, 0.25) is 0 Å². The summed E-state index contributed by atoms with van der Waals surface area (Å²) in [6.45, 7) is 0. The number of hydrogen-bond donors (Lipinski definition) is 0. The van der Waals surface area contributed by atoms with Crippen LogP contribution in [0.2, 0.25) is 0 Å². The maximum Gasteiger partial charge on any atom is 0.164 e. The van der Waals surface area contributed by atoms with E-state index in [0.717, 1.165) is 68.0 Å². The van der Waals surface area contributed by atoms with Crippen molar-refractivity contribution in [1.29, 1.82) is 5.26 Å². The Morgan fingerprint density at radius 3 is 1.73 bits per heavy atom. The van der Waals surface area contributed by atoms with Crippen molar-refractivity contribution in [1.82, 2.24) is 15.0 Å². The summed E-state index contributed by atoms with van der Waals surface area (Å²) in [7, 11) is 0. The first-order valence-electron chi connectivity index (χ1n) is 19.8. The molecule has 59 heavy (non-hydrogen) atoms. The molecule has 7 aromatic carbocycles. The number of fused-ring (bicyclic) bond motifs is 8.